The minimum atomic E-state index is -3.42. The lowest BCUT2D eigenvalue weighted by Gasteiger charge is -2.09. The second-order valence-corrected chi connectivity index (χ2v) is 6.13. The number of ether oxygens (including phenoxy) is 1. The molecule has 0 fully saturated rings. The van der Waals surface area contributed by atoms with Gasteiger partial charge in [-0.25, -0.2) is 12.8 Å². The Labute approximate surface area is 122 Å². The largest absolute Gasteiger partial charge is 0.457 e. The summed E-state index contributed by atoms with van der Waals surface area (Å²) in [6.07, 6.45) is 0. The zero-order valence-corrected chi connectivity index (χ0v) is 11.9. The summed E-state index contributed by atoms with van der Waals surface area (Å²) in [6.45, 7) is 0.0566. The molecule has 0 aromatic heterocycles. The summed E-state index contributed by atoms with van der Waals surface area (Å²) in [6, 6.07) is 12.0. The van der Waals surface area contributed by atoms with E-state index >= 15 is 0 Å². The molecule has 112 valence electrons. The van der Waals surface area contributed by atoms with Gasteiger partial charge in [-0.1, -0.05) is 0 Å². The van der Waals surface area contributed by atoms with Crippen molar-refractivity contribution in [1.82, 2.24) is 0 Å². The molecule has 5 nitrogen and oxygen atoms in total. The molecule has 2 aromatic rings. The lowest BCUT2D eigenvalue weighted by atomic mass is 10.3. The van der Waals surface area contributed by atoms with Crippen LogP contribution < -0.4 is 15.2 Å². The number of nitrogens with two attached hydrogens (primary N) is 1. The fourth-order valence-electron chi connectivity index (χ4n) is 1.62. The molecule has 0 radical (unpaired) electrons. The van der Waals surface area contributed by atoms with Crippen LogP contribution >= 0.6 is 0 Å². The fraction of sp³-hybridized carbons (Fsp3) is 0.143. The predicted octanol–water partition coefficient (Wildman–Crippen LogP) is 2.32. The number of nitrogens with one attached hydrogen (secondary N) is 1. The van der Waals surface area contributed by atoms with Gasteiger partial charge in [0, 0.05) is 12.2 Å². The number of benzene rings is 2. The van der Waals surface area contributed by atoms with E-state index in [9.17, 15) is 12.8 Å². The summed E-state index contributed by atoms with van der Waals surface area (Å²) in [5.74, 6) is 0.532. The molecule has 0 atom stereocenters. The zero-order valence-electron chi connectivity index (χ0n) is 11.1. The first-order valence-corrected chi connectivity index (χ1v) is 7.88. The van der Waals surface area contributed by atoms with Crippen LogP contribution in [0.5, 0.6) is 11.5 Å². The van der Waals surface area contributed by atoms with Gasteiger partial charge in [-0.2, -0.15) is 0 Å². The van der Waals surface area contributed by atoms with Crippen molar-refractivity contribution in [3.8, 4) is 11.5 Å². The maximum atomic E-state index is 12.8. The molecular weight excluding hydrogens is 295 g/mol. The van der Waals surface area contributed by atoms with Crippen LogP contribution in [0.3, 0.4) is 0 Å². The minimum Gasteiger partial charge on any atom is -0.457 e. The minimum absolute atomic E-state index is 0.0566. The highest BCUT2D eigenvalue weighted by atomic mass is 32.2. The van der Waals surface area contributed by atoms with Gasteiger partial charge in [0.1, 0.15) is 17.3 Å². The molecule has 0 aliphatic heterocycles. The van der Waals surface area contributed by atoms with Crippen molar-refractivity contribution in [1.29, 1.82) is 0 Å². The molecule has 2 aromatic carbocycles. The van der Waals surface area contributed by atoms with Gasteiger partial charge in [-0.05, 0) is 48.5 Å². The third kappa shape index (κ3) is 4.73. The highest BCUT2D eigenvalue weighted by Crippen LogP contribution is 2.23. The van der Waals surface area contributed by atoms with E-state index in [0.29, 0.717) is 17.2 Å². The number of halogens is 1. The third-order valence-electron chi connectivity index (χ3n) is 2.56. The maximum Gasteiger partial charge on any atom is 0.233 e. The Morgan fingerprint density at radius 2 is 1.52 bits per heavy atom. The van der Waals surface area contributed by atoms with Crippen LogP contribution in [-0.2, 0) is 10.0 Å². The van der Waals surface area contributed by atoms with Crippen LogP contribution in [0.4, 0.5) is 10.1 Å². The molecule has 0 saturated heterocycles. The van der Waals surface area contributed by atoms with Crippen molar-refractivity contribution < 1.29 is 17.5 Å². The molecule has 0 aliphatic carbocycles. The first-order valence-electron chi connectivity index (χ1n) is 6.22. The SMILES string of the molecule is NCCS(=O)(=O)Nc1ccc(Oc2ccc(F)cc2)cc1. The van der Waals surface area contributed by atoms with Crippen LogP contribution in [-0.4, -0.2) is 20.7 Å². The van der Waals surface area contributed by atoms with Gasteiger partial charge in [0.2, 0.25) is 10.0 Å². The molecule has 2 rings (SSSR count). The normalized spacial score (nSPS) is 11.1. The summed E-state index contributed by atoms with van der Waals surface area (Å²) in [7, 11) is -3.42. The van der Waals surface area contributed by atoms with Gasteiger partial charge in [0.05, 0.1) is 5.75 Å². The van der Waals surface area contributed by atoms with Gasteiger partial charge in [0.25, 0.3) is 0 Å². The lowest BCUT2D eigenvalue weighted by Crippen LogP contribution is -2.22. The van der Waals surface area contributed by atoms with Gasteiger partial charge in [-0.3, -0.25) is 4.72 Å². The van der Waals surface area contributed by atoms with E-state index in [-0.39, 0.29) is 18.1 Å². The van der Waals surface area contributed by atoms with Crippen LogP contribution in [0.25, 0.3) is 0 Å². The summed E-state index contributed by atoms with van der Waals surface area (Å²) in [5.41, 5.74) is 5.65. The molecule has 0 spiro atoms. The number of anilines is 1. The Kier molecular flexibility index (Phi) is 4.77. The molecule has 0 heterocycles. The molecular formula is C14H15FN2O3S. The summed E-state index contributed by atoms with van der Waals surface area (Å²) in [5, 5.41) is 0. The fourth-order valence-corrected chi connectivity index (χ4v) is 2.52. The maximum absolute atomic E-state index is 12.8. The van der Waals surface area contributed by atoms with E-state index in [1.54, 1.807) is 24.3 Å². The first kappa shape index (κ1) is 15.3. The summed E-state index contributed by atoms with van der Waals surface area (Å²) >= 11 is 0. The van der Waals surface area contributed by atoms with Crippen molar-refractivity contribution in [3.63, 3.8) is 0 Å². The van der Waals surface area contributed by atoms with Gasteiger partial charge in [-0.15, -0.1) is 0 Å². The monoisotopic (exact) mass is 310 g/mol. The van der Waals surface area contributed by atoms with Gasteiger partial charge < -0.3 is 10.5 Å². The Morgan fingerprint density at radius 1 is 1.00 bits per heavy atom. The molecule has 7 heteroatoms. The van der Waals surface area contributed by atoms with E-state index in [2.05, 4.69) is 4.72 Å². The smallest absolute Gasteiger partial charge is 0.233 e. The first-order chi connectivity index (χ1) is 9.98. The van der Waals surface area contributed by atoms with Crippen molar-refractivity contribution >= 4 is 15.7 Å². The highest BCUT2D eigenvalue weighted by molar-refractivity contribution is 7.92. The van der Waals surface area contributed by atoms with Gasteiger partial charge in [0.15, 0.2) is 0 Å². The van der Waals surface area contributed by atoms with E-state index in [1.807, 2.05) is 0 Å². The molecule has 21 heavy (non-hydrogen) atoms. The predicted molar refractivity (Wildman–Crippen MR) is 79.4 cm³/mol. The Hall–Kier alpha value is -2.12. The van der Waals surface area contributed by atoms with Crippen LogP contribution in [0.15, 0.2) is 48.5 Å². The Bertz CT molecular complexity index is 685. The van der Waals surface area contributed by atoms with Crippen LogP contribution in [0.1, 0.15) is 0 Å². The van der Waals surface area contributed by atoms with Crippen LogP contribution in [0, 0.1) is 5.82 Å². The molecule has 0 bridgehead atoms. The molecule has 0 saturated carbocycles. The van der Waals surface area contributed by atoms with E-state index in [1.165, 1.54) is 24.3 Å². The standard InChI is InChI=1S/C14H15FN2O3S/c15-11-1-5-13(6-2-11)20-14-7-3-12(4-8-14)17-21(18,19)10-9-16/h1-8,17H,9-10,16H2. The Morgan fingerprint density at radius 3 is 2.05 bits per heavy atom. The average Bonchev–Trinajstić information content (AvgIpc) is 2.43. The van der Waals surface area contributed by atoms with Crippen molar-refractivity contribution in [3.05, 3.63) is 54.3 Å². The molecule has 0 amide bonds. The second-order valence-electron chi connectivity index (χ2n) is 4.29. The molecule has 3 N–H and O–H groups in total. The van der Waals surface area contributed by atoms with Crippen molar-refractivity contribution in [2.45, 2.75) is 0 Å². The summed E-state index contributed by atoms with van der Waals surface area (Å²) in [4.78, 5) is 0. The van der Waals surface area contributed by atoms with E-state index < -0.39 is 10.0 Å². The van der Waals surface area contributed by atoms with E-state index in [0.717, 1.165) is 0 Å². The quantitative estimate of drug-likeness (QED) is 0.858. The van der Waals surface area contributed by atoms with Crippen molar-refractivity contribution in [2.75, 3.05) is 17.0 Å². The lowest BCUT2D eigenvalue weighted by molar-refractivity contribution is 0.480. The Balaban J connectivity index is 2.03. The average molecular weight is 310 g/mol. The van der Waals surface area contributed by atoms with Crippen LogP contribution in [0.2, 0.25) is 0 Å². The second kappa shape index (κ2) is 6.55. The van der Waals surface area contributed by atoms with E-state index in [4.69, 9.17) is 10.5 Å². The van der Waals surface area contributed by atoms with Gasteiger partial charge >= 0.3 is 0 Å². The molecule has 0 unspecified atom stereocenters. The molecule has 0 aliphatic rings. The topological polar surface area (TPSA) is 81.4 Å². The third-order valence-corrected chi connectivity index (χ3v) is 3.88. The summed E-state index contributed by atoms with van der Waals surface area (Å²) < 4.78 is 43.8. The number of hydrogen-bond donors (Lipinski definition) is 2. The number of rotatable bonds is 6. The zero-order chi connectivity index (χ0) is 15.3. The van der Waals surface area contributed by atoms with Crippen molar-refractivity contribution in [2.24, 2.45) is 5.73 Å². The number of hydrogen-bond acceptors (Lipinski definition) is 4. The highest BCUT2D eigenvalue weighted by Gasteiger charge is 2.08. The number of sulfonamides is 1.